The molecular weight excluding hydrogens is 196 g/mol. The first kappa shape index (κ1) is 13.6. The van der Waals surface area contributed by atoms with Gasteiger partial charge in [-0.1, -0.05) is 6.08 Å². The molecule has 0 rings (SSSR count). The van der Waals surface area contributed by atoms with Crippen LogP contribution < -0.4 is 11.1 Å². The van der Waals surface area contributed by atoms with Gasteiger partial charge >= 0.3 is 5.97 Å². The van der Waals surface area contributed by atoms with Crippen molar-refractivity contribution in [3.8, 4) is 0 Å². The Balaban J connectivity index is 4.04. The number of allylic oxidation sites excluding steroid dienone is 1. The van der Waals surface area contributed by atoms with E-state index in [9.17, 15) is 9.59 Å². The number of carboxylic acid groups (broad SMARTS) is 1. The number of rotatable bonds is 7. The molecule has 0 heterocycles. The number of hydrogen-bond donors (Lipinski definition) is 3. The first-order chi connectivity index (χ1) is 7.11. The van der Waals surface area contributed by atoms with Crippen LogP contribution >= 0.6 is 0 Å². The molecule has 0 aromatic heterocycles. The van der Waals surface area contributed by atoms with E-state index in [-0.39, 0.29) is 5.91 Å². The van der Waals surface area contributed by atoms with Gasteiger partial charge in [0.15, 0.2) is 0 Å². The molecule has 5 heteroatoms. The van der Waals surface area contributed by atoms with E-state index in [1.54, 1.807) is 13.0 Å². The third-order valence-electron chi connectivity index (χ3n) is 1.88. The predicted molar refractivity (Wildman–Crippen MR) is 57.3 cm³/mol. The molecule has 5 nitrogen and oxygen atoms in total. The monoisotopic (exact) mass is 214 g/mol. The number of carbonyl (C=O) groups is 2. The highest BCUT2D eigenvalue weighted by Gasteiger charge is 2.17. The maximum atomic E-state index is 11.1. The van der Waals surface area contributed by atoms with E-state index in [4.69, 9.17) is 10.8 Å². The molecule has 0 radical (unpaired) electrons. The number of carbonyl (C=O) groups excluding carboxylic acids is 1. The van der Waals surface area contributed by atoms with E-state index in [1.165, 1.54) is 6.08 Å². The van der Waals surface area contributed by atoms with Crippen molar-refractivity contribution in [1.29, 1.82) is 0 Å². The summed E-state index contributed by atoms with van der Waals surface area (Å²) in [5.41, 5.74) is 5.29. The van der Waals surface area contributed by atoms with E-state index in [1.807, 2.05) is 0 Å². The van der Waals surface area contributed by atoms with Gasteiger partial charge in [0.05, 0.1) is 0 Å². The normalized spacial score (nSPS) is 12.7. The number of nitrogens with one attached hydrogen (secondary N) is 1. The molecule has 15 heavy (non-hydrogen) atoms. The predicted octanol–water partition coefficient (Wildman–Crippen LogP) is 0.261. The molecule has 0 bridgehead atoms. The SMILES string of the molecule is C/C=C/C(=O)N[C@@H](CCCCN)C(=O)O. The van der Waals surface area contributed by atoms with Crippen molar-refractivity contribution in [3.63, 3.8) is 0 Å². The highest BCUT2D eigenvalue weighted by molar-refractivity contribution is 5.90. The van der Waals surface area contributed by atoms with Crippen LogP contribution in [0.15, 0.2) is 12.2 Å². The Morgan fingerprint density at radius 2 is 2.13 bits per heavy atom. The maximum absolute atomic E-state index is 11.1. The molecule has 0 saturated heterocycles. The lowest BCUT2D eigenvalue weighted by Gasteiger charge is -2.12. The zero-order valence-corrected chi connectivity index (χ0v) is 8.90. The lowest BCUT2D eigenvalue weighted by molar-refractivity contribution is -0.141. The number of amides is 1. The molecule has 0 aliphatic carbocycles. The molecule has 1 atom stereocenters. The second kappa shape index (κ2) is 7.99. The molecule has 0 aliphatic heterocycles. The quantitative estimate of drug-likeness (QED) is 0.418. The molecule has 0 fully saturated rings. The van der Waals surface area contributed by atoms with E-state index in [2.05, 4.69) is 5.32 Å². The fourth-order valence-corrected chi connectivity index (χ4v) is 1.12. The third kappa shape index (κ3) is 6.68. The van der Waals surface area contributed by atoms with Crippen molar-refractivity contribution in [2.75, 3.05) is 6.54 Å². The standard InChI is InChI=1S/C10H18N2O3/c1-2-5-9(13)12-8(10(14)15)6-3-4-7-11/h2,5,8H,3-4,6-7,11H2,1H3,(H,12,13)(H,14,15)/b5-2+/t8-/m0/s1. The van der Waals surface area contributed by atoms with Gasteiger partial charge in [0.1, 0.15) is 6.04 Å². The summed E-state index contributed by atoms with van der Waals surface area (Å²) in [4.78, 5) is 21.9. The van der Waals surface area contributed by atoms with Gasteiger partial charge in [-0.2, -0.15) is 0 Å². The summed E-state index contributed by atoms with van der Waals surface area (Å²) in [5, 5.41) is 11.2. The van der Waals surface area contributed by atoms with Gasteiger partial charge in [-0.05, 0) is 38.8 Å². The summed E-state index contributed by atoms with van der Waals surface area (Å²) in [6, 6.07) is -0.819. The summed E-state index contributed by atoms with van der Waals surface area (Å²) >= 11 is 0. The smallest absolute Gasteiger partial charge is 0.326 e. The number of nitrogens with two attached hydrogens (primary N) is 1. The van der Waals surface area contributed by atoms with Crippen molar-refractivity contribution >= 4 is 11.9 Å². The Morgan fingerprint density at radius 1 is 1.47 bits per heavy atom. The Hall–Kier alpha value is -1.36. The van der Waals surface area contributed by atoms with Crippen LogP contribution in [0.2, 0.25) is 0 Å². The summed E-state index contributed by atoms with van der Waals surface area (Å²) in [5.74, 6) is -1.39. The largest absolute Gasteiger partial charge is 0.480 e. The van der Waals surface area contributed by atoms with Crippen molar-refractivity contribution in [1.82, 2.24) is 5.32 Å². The van der Waals surface area contributed by atoms with Gasteiger partial charge in [0.25, 0.3) is 0 Å². The minimum Gasteiger partial charge on any atom is -0.480 e. The number of carboxylic acids is 1. The summed E-state index contributed by atoms with van der Waals surface area (Å²) in [7, 11) is 0. The molecule has 0 aromatic carbocycles. The molecular formula is C10H18N2O3. The fraction of sp³-hybridized carbons (Fsp3) is 0.600. The van der Waals surface area contributed by atoms with Gasteiger partial charge in [0, 0.05) is 0 Å². The Labute approximate surface area is 89.3 Å². The van der Waals surface area contributed by atoms with Crippen LogP contribution in [0, 0.1) is 0 Å². The van der Waals surface area contributed by atoms with Gasteiger partial charge in [-0.25, -0.2) is 4.79 Å². The van der Waals surface area contributed by atoms with Gasteiger partial charge in [0.2, 0.25) is 5.91 Å². The Kier molecular flexibility index (Phi) is 7.27. The fourth-order valence-electron chi connectivity index (χ4n) is 1.12. The molecule has 4 N–H and O–H groups in total. The molecule has 0 aromatic rings. The van der Waals surface area contributed by atoms with Crippen LogP contribution in [0.3, 0.4) is 0 Å². The maximum Gasteiger partial charge on any atom is 0.326 e. The van der Waals surface area contributed by atoms with Crippen LogP contribution in [0.5, 0.6) is 0 Å². The van der Waals surface area contributed by atoms with Crippen LogP contribution in [-0.2, 0) is 9.59 Å². The first-order valence-electron chi connectivity index (χ1n) is 4.98. The van der Waals surface area contributed by atoms with Crippen LogP contribution in [0.1, 0.15) is 26.2 Å². The molecule has 86 valence electrons. The second-order valence-electron chi connectivity index (χ2n) is 3.18. The van der Waals surface area contributed by atoms with Gasteiger partial charge < -0.3 is 16.2 Å². The van der Waals surface area contributed by atoms with Crippen molar-refractivity contribution < 1.29 is 14.7 Å². The molecule has 0 aliphatic rings. The number of hydrogen-bond acceptors (Lipinski definition) is 3. The van der Waals surface area contributed by atoms with Crippen LogP contribution in [0.4, 0.5) is 0 Å². The van der Waals surface area contributed by atoms with Crippen LogP contribution in [0.25, 0.3) is 0 Å². The van der Waals surface area contributed by atoms with Crippen molar-refractivity contribution in [2.24, 2.45) is 5.73 Å². The minimum atomic E-state index is -1.01. The van der Waals surface area contributed by atoms with Gasteiger partial charge in [-0.3, -0.25) is 4.79 Å². The van der Waals surface area contributed by atoms with Crippen molar-refractivity contribution in [3.05, 3.63) is 12.2 Å². The van der Waals surface area contributed by atoms with Gasteiger partial charge in [-0.15, -0.1) is 0 Å². The summed E-state index contributed by atoms with van der Waals surface area (Å²) < 4.78 is 0. The summed E-state index contributed by atoms with van der Waals surface area (Å²) in [6.07, 6.45) is 4.75. The molecule has 1 amide bonds. The van der Waals surface area contributed by atoms with E-state index in [0.29, 0.717) is 19.4 Å². The Bertz CT molecular complexity index is 239. The number of unbranched alkanes of at least 4 members (excludes halogenated alkanes) is 1. The highest BCUT2D eigenvalue weighted by Crippen LogP contribution is 2.00. The topological polar surface area (TPSA) is 92.4 Å². The Morgan fingerprint density at radius 3 is 2.60 bits per heavy atom. The molecule has 0 unspecified atom stereocenters. The van der Waals surface area contributed by atoms with E-state index < -0.39 is 12.0 Å². The lowest BCUT2D eigenvalue weighted by Crippen LogP contribution is -2.39. The second-order valence-corrected chi connectivity index (χ2v) is 3.18. The van der Waals surface area contributed by atoms with Crippen LogP contribution in [-0.4, -0.2) is 29.6 Å². The summed E-state index contributed by atoms with van der Waals surface area (Å²) in [6.45, 7) is 2.24. The minimum absolute atomic E-state index is 0.377. The molecule has 0 spiro atoms. The average Bonchev–Trinajstić information content (AvgIpc) is 2.16. The lowest BCUT2D eigenvalue weighted by atomic mass is 10.1. The zero-order valence-electron chi connectivity index (χ0n) is 8.90. The average molecular weight is 214 g/mol. The zero-order chi connectivity index (χ0) is 11.7. The first-order valence-corrected chi connectivity index (χ1v) is 4.98. The third-order valence-corrected chi connectivity index (χ3v) is 1.88. The highest BCUT2D eigenvalue weighted by atomic mass is 16.4. The van der Waals surface area contributed by atoms with Crippen molar-refractivity contribution in [2.45, 2.75) is 32.2 Å². The molecule has 0 saturated carbocycles. The van der Waals surface area contributed by atoms with E-state index in [0.717, 1.165) is 6.42 Å². The van der Waals surface area contributed by atoms with E-state index >= 15 is 0 Å². The number of aliphatic carboxylic acids is 1.